The van der Waals surface area contributed by atoms with E-state index in [2.05, 4.69) is 62.4 Å². The molecule has 2 heterocycles. The standard InChI is InChI=1S/C18H14BrN3O.C5H10O.C4H8.C2H2/c1-23-13-4-2-3-11(7-13)17-10-21-18(22-17)15-9-20-16-6-5-12(19)8-14(15)16;1-4-5(2)6-3;1-4(2)3;1-2/h2-10,20H,1H3,(H,21,22);4H,1-3H3;1H2,2-3H3;1-2H/b;5-4+;;. The van der Waals surface area contributed by atoms with Gasteiger partial charge in [0.05, 0.1) is 31.9 Å². The average molecular weight is 537 g/mol. The van der Waals surface area contributed by atoms with Crippen molar-refractivity contribution in [1.29, 1.82) is 0 Å². The van der Waals surface area contributed by atoms with Gasteiger partial charge < -0.3 is 19.4 Å². The Labute approximate surface area is 217 Å². The quantitative estimate of drug-likeness (QED) is 0.156. The molecular formula is C29H34BrN3O2. The molecule has 4 rings (SSSR count). The van der Waals surface area contributed by atoms with Crippen LogP contribution in [0.2, 0.25) is 0 Å². The van der Waals surface area contributed by atoms with Gasteiger partial charge in [-0.1, -0.05) is 39.7 Å². The van der Waals surface area contributed by atoms with E-state index in [1.165, 1.54) is 5.57 Å². The van der Waals surface area contributed by atoms with E-state index in [-0.39, 0.29) is 0 Å². The van der Waals surface area contributed by atoms with Crippen LogP contribution in [-0.4, -0.2) is 29.2 Å². The SMILES string of the molecule is C#C.C/C=C(\C)OC.C=C(C)C.COc1cccc(-c2cnc(-c3c[nH]c4ccc(Br)cc34)[nH]2)c1. The van der Waals surface area contributed by atoms with Crippen molar-refractivity contribution >= 4 is 26.8 Å². The molecule has 0 amide bonds. The number of methoxy groups -OCH3 is 2. The lowest BCUT2D eigenvalue weighted by molar-refractivity contribution is 0.293. The van der Waals surface area contributed by atoms with Gasteiger partial charge in [-0.3, -0.25) is 0 Å². The Morgan fingerprint density at radius 3 is 2.34 bits per heavy atom. The second kappa shape index (κ2) is 15.3. The molecule has 4 aromatic rings. The summed E-state index contributed by atoms with van der Waals surface area (Å²) >= 11 is 3.52. The molecule has 0 atom stereocenters. The molecule has 5 nitrogen and oxygen atoms in total. The van der Waals surface area contributed by atoms with E-state index < -0.39 is 0 Å². The first-order valence-electron chi connectivity index (χ1n) is 10.9. The highest BCUT2D eigenvalue weighted by Gasteiger charge is 2.11. The minimum atomic E-state index is 0.828. The molecule has 0 aliphatic rings. The number of benzene rings is 2. The predicted molar refractivity (Wildman–Crippen MR) is 152 cm³/mol. The van der Waals surface area contributed by atoms with E-state index in [0.717, 1.165) is 49.5 Å². The zero-order valence-electron chi connectivity index (χ0n) is 21.3. The summed E-state index contributed by atoms with van der Waals surface area (Å²) in [4.78, 5) is 11.2. The van der Waals surface area contributed by atoms with Gasteiger partial charge in [0.1, 0.15) is 11.6 Å². The van der Waals surface area contributed by atoms with Crippen molar-refractivity contribution in [3.05, 3.63) is 83.3 Å². The molecule has 184 valence electrons. The van der Waals surface area contributed by atoms with Gasteiger partial charge in [0, 0.05) is 32.7 Å². The largest absolute Gasteiger partial charge is 0.502 e. The third-order valence-electron chi connectivity index (χ3n) is 4.58. The van der Waals surface area contributed by atoms with Gasteiger partial charge in [0.15, 0.2) is 0 Å². The fourth-order valence-corrected chi connectivity index (χ4v) is 3.16. The molecule has 6 heteroatoms. The maximum absolute atomic E-state index is 5.28. The zero-order valence-corrected chi connectivity index (χ0v) is 22.9. The van der Waals surface area contributed by atoms with Crippen molar-refractivity contribution in [3.63, 3.8) is 0 Å². The normalized spacial score (nSPS) is 10.0. The number of nitrogens with one attached hydrogen (secondary N) is 2. The predicted octanol–water partition coefficient (Wildman–Crippen LogP) is 8.38. The highest BCUT2D eigenvalue weighted by Crippen LogP contribution is 2.31. The van der Waals surface area contributed by atoms with E-state index in [9.17, 15) is 0 Å². The average Bonchev–Trinajstić information content (AvgIpc) is 3.52. The number of rotatable bonds is 4. The van der Waals surface area contributed by atoms with Crippen LogP contribution in [0.3, 0.4) is 0 Å². The van der Waals surface area contributed by atoms with Crippen LogP contribution in [0.4, 0.5) is 0 Å². The van der Waals surface area contributed by atoms with Crippen molar-refractivity contribution in [3.8, 4) is 41.2 Å². The van der Waals surface area contributed by atoms with Crippen LogP contribution in [0.25, 0.3) is 33.5 Å². The van der Waals surface area contributed by atoms with Gasteiger partial charge in [-0.25, -0.2) is 4.98 Å². The van der Waals surface area contributed by atoms with Gasteiger partial charge in [0.2, 0.25) is 0 Å². The van der Waals surface area contributed by atoms with Crippen molar-refractivity contribution in [2.24, 2.45) is 0 Å². The molecule has 2 aromatic heterocycles. The lowest BCUT2D eigenvalue weighted by atomic mass is 10.1. The summed E-state index contributed by atoms with van der Waals surface area (Å²) in [5.74, 6) is 2.64. The molecule has 0 aliphatic carbocycles. The molecule has 0 fully saturated rings. The van der Waals surface area contributed by atoms with Crippen molar-refractivity contribution in [1.82, 2.24) is 15.0 Å². The minimum absolute atomic E-state index is 0.828. The molecule has 0 bridgehead atoms. The van der Waals surface area contributed by atoms with Gasteiger partial charge in [-0.2, -0.15) is 0 Å². The number of allylic oxidation sites excluding steroid dienone is 3. The van der Waals surface area contributed by atoms with Gasteiger partial charge >= 0.3 is 0 Å². The Balaban J connectivity index is 0.000000432. The Morgan fingerprint density at radius 1 is 1.09 bits per heavy atom. The second-order valence-corrected chi connectivity index (χ2v) is 8.50. The first-order chi connectivity index (χ1) is 16.8. The van der Waals surface area contributed by atoms with Crippen LogP contribution in [0, 0.1) is 12.8 Å². The van der Waals surface area contributed by atoms with E-state index in [1.54, 1.807) is 14.2 Å². The van der Waals surface area contributed by atoms with Crippen LogP contribution in [0.15, 0.2) is 83.3 Å². The minimum Gasteiger partial charge on any atom is -0.502 e. The summed E-state index contributed by atoms with van der Waals surface area (Å²) in [6.07, 6.45) is 13.7. The van der Waals surface area contributed by atoms with Crippen molar-refractivity contribution in [2.45, 2.75) is 27.7 Å². The van der Waals surface area contributed by atoms with E-state index >= 15 is 0 Å². The Bertz CT molecular complexity index is 1260. The van der Waals surface area contributed by atoms with Crippen LogP contribution in [-0.2, 0) is 4.74 Å². The van der Waals surface area contributed by atoms with Crippen LogP contribution < -0.4 is 4.74 Å². The summed E-state index contributed by atoms with van der Waals surface area (Å²) in [5.41, 5.74) is 5.31. The fourth-order valence-electron chi connectivity index (χ4n) is 2.80. The van der Waals surface area contributed by atoms with Crippen LogP contribution >= 0.6 is 15.9 Å². The maximum atomic E-state index is 5.28. The number of ether oxygens (including phenoxy) is 2. The number of H-pyrrole nitrogens is 2. The van der Waals surface area contributed by atoms with E-state index in [4.69, 9.17) is 9.47 Å². The number of hydrogen-bond donors (Lipinski definition) is 2. The van der Waals surface area contributed by atoms with Gasteiger partial charge in [0.25, 0.3) is 0 Å². The monoisotopic (exact) mass is 535 g/mol. The molecule has 0 saturated carbocycles. The molecular weight excluding hydrogens is 502 g/mol. The van der Waals surface area contributed by atoms with Gasteiger partial charge in [-0.15, -0.1) is 19.4 Å². The summed E-state index contributed by atoms with van der Waals surface area (Å²) in [6, 6.07) is 14.1. The number of terminal acetylenes is 1. The second-order valence-electron chi connectivity index (χ2n) is 7.58. The molecule has 35 heavy (non-hydrogen) atoms. The van der Waals surface area contributed by atoms with Gasteiger partial charge in [-0.05, 0) is 58.0 Å². The molecule has 0 radical (unpaired) electrons. The van der Waals surface area contributed by atoms with Crippen molar-refractivity contribution < 1.29 is 9.47 Å². The number of hydrogen-bond acceptors (Lipinski definition) is 3. The topological polar surface area (TPSA) is 62.9 Å². The lowest BCUT2D eigenvalue weighted by Crippen LogP contribution is -1.84. The number of aromatic amines is 2. The Kier molecular flexibility index (Phi) is 12.8. The number of halogens is 1. The number of imidazole rings is 1. The number of nitrogens with zero attached hydrogens (tertiary/aromatic N) is 1. The first kappa shape index (κ1) is 29.3. The maximum Gasteiger partial charge on any atom is 0.139 e. The van der Waals surface area contributed by atoms with Crippen LogP contribution in [0.5, 0.6) is 5.75 Å². The highest BCUT2D eigenvalue weighted by atomic mass is 79.9. The summed E-state index contributed by atoms with van der Waals surface area (Å²) in [5, 5.41) is 1.13. The number of fused-ring (bicyclic) bond motifs is 1. The van der Waals surface area contributed by atoms with E-state index in [1.807, 2.05) is 76.5 Å². The lowest BCUT2D eigenvalue weighted by Gasteiger charge is -2.02. The van der Waals surface area contributed by atoms with E-state index in [0.29, 0.717) is 0 Å². The summed E-state index contributed by atoms with van der Waals surface area (Å²) < 4.78 is 11.1. The Hall–Kier alpha value is -3.69. The molecule has 0 saturated heterocycles. The summed E-state index contributed by atoms with van der Waals surface area (Å²) in [6.45, 7) is 11.4. The smallest absolute Gasteiger partial charge is 0.139 e. The number of aromatic nitrogens is 3. The summed E-state index contributed by atoms with van der Waals surface area (Å²) in [7, 11) is 3.33. The third-order valence-corrected chi connectivity index (χ3v) is 5.08. The third kappa shape index (κ3) is 9.23. The Morgan fingerprint density at radius 2 is 1.77 bits per heavy atom. The molecule has 2 aromatic carbocycles. The van der Waals surface area contributed by atoms with Crippen LogP contribution in [0.1, 0.15) is 27.7 Å². The van der Waals surface area contributed by atoms with Crippen molar-refractivity contribution in [2.75, 3.05) is 14.2 Å². The fraction of sp³-hybridized carbons (Fsp3) is 0.207. The zero-order chi connectivity index (χ0) is 26.4. The first-order valence-corrected chi connectivity index (χ1v) is 11.7. The molecule has 0 unspecified atom stereocenters. The highest BCUT2D eigenvalue weighted by molar-refractivity contribution is 9.10. The molecule has 0 aliphatic heterocycles. The molecule has 2 N–H and O–H groups in total. The molecule has 0 spiro atoms.